The van der Waals surface area contributed by atoms with Crippen LogP contribution >= 0.6 is 0 Å². The van der Waals surface area contributed by atoms with Crippen LogP contribution in [0.5, 0.6) is 0 Å². The summed E-state index contributed by atoms with van der Waals surface area (Å²) in [6.45, 7) is 10.9. The van der Waals surface area contributed by atoms with Gasteiger partial charge in [0.2, 0.25) is 11.8 Å². The Kier molecular flexibility index (Phi) is 10.5. The second-order valence-electron chi connectivity index (χ2n) is 13.9. The van der Waals surface area contributed by atoms with E-state index in [1.54, 1.807) is 35.9 Å². The van der Waals surface area contributed by atoms with Gasteiger partial charge >= 0.3 is 5.97 Å². The predicted octanol–water partition coefficient (Wildman–Crippen LogP) is 5.21. The van der Waals surface area contributed by atoms with E-state index in [0.717, 1.165) is 10.8 Å². The van der Waals surface area contributed by atoms with Crippen molar-refractivity contribution in [3.8, 4) is 0 Å². The summed E-state index contributed by atoms with van der Waals surface area (Å²) in [5.41, 5.74) is 0.0443. The molecule has 10 nitrogen and oxygen atoms in total. The molecule has 3 aromatic rings. The van der Waals surface area contributed by atoms with Crippen LogP contribution in [0.25, 0.3) is 10.8 Å². The van der Waals surface area contributed by atoms with Gasteiger partial charge < -0.3 is 29.3 Å². The van der Waals surface area contributed by atoms with Crippen LogP contribution in [-0.4, -0.2) is 88.6 Å². The SMILES string of the molecule is C=CCCC(=O)N(C)[C@H](C)[C@H](OC(=O)[C@@H]1[C@H]2C(=O)N([C@H](C)CO)[C@H](C(=O)N(CC=C)c3ccc4ccccc4c3)[C@]23CC[C@H]1O3)c1ccccc1. The number of allylic oxidation sites excluding steroid dienone is 1. The molecule has 3 aliphatic rings. The van der Waals surface area contributed by atoms with E-state index in [2.05, 4.69) is 13.2 Å². The lowest BCUT2D eigenvalue weighted by atomic mass is 9.70. The highest BCUT2D eigenvalue weighted by atomic mass is 16.6. The Morgan fingerprint density at radius 1 is 1.04 bits per heavy atom. The lowest BCUT2D eigenvalue weighted by Gasteiger charge is -2.38. The van der Waals surface area contributed by atoms with Crippen LogP contribution in [0, 0.1) is 11.8 Å². The normalized spacial score (nSPS) is 25.2. The number of hydrogen-bond donors (Lipinski definition) is 1. The van der Waals surface area contributed by atoms with Gasteiger partial charge in [-0.15, -0.1) is 13.2 Å². The lowest BCUT2D eigenvalue weighted by molar-refractivity contribution is -0.165. The molecular weight excluding hydrogens is 646 g/mol. The number of aliphatic hydroxyl groups excluding tert-OH is 1. The molecule has 0 radical (unpaired) electrons. The molecule has 2 bridgehead atoms. The third-order valence-electron chi connectivity index (χ3n) is 11.0. The van der Waals surface area contributed by atoms with Crippen molar-refractivity contribution in [3.63, 3.8) is 0 Å². The van der Waals surface area contributed by atoms with E-state index in [1.165, 1.54) is 4.90 Å². The molecule has 51 heavy (non-hydrogen) atoms. The second kappa shape index (κ2) is 14.8. The fourth-order valence-corrected chi connectivity index (χ4v) is 8.27. The maximum Gasteiger partial charge on any atom is 0.313 e. The van der Waals surface area contributed by atoms with Gasteiger partial charge in [0.05, 0.1) is 36.6 Å². The summed E-state index contributed by atoms with van der Waals surface area (Å²) < 4.78 is 13.0. The highest BCUT2D eigenvalue weighted by Gasteiger charge is 2.75. The average Bonchev–Trinajstić information content (AvgIpc) is 3.81. The molecule has 0 saturated carbocycles. The van der Waals surface area contributed by atoms with Crippen molar-refractivity contribution in [3.05, 3.63) is 104 Å². The molecule has 1 spiro atoms. The molecule has 3 aromatic carbocycles. The van der Waals surface area contributed by atoms with E-state index in [1.807, 2.05) is 79.7 Å². The third kappa shape index (κ3) is 6.36. The molecule has 0 unspecified atom stereocenters. The molecule has 3 amide bonds. The second-order valence-corrected chi connectivity index (χ2v) is 13.9. The summed E-state index contributed by atoms with van der Waals surface area (Å²) in [6.07, 6.45) is 3.49. The first-order valence-electron chi connectivity index (χ1n) is 17.7. The molecule has 3 aliphatic heterocycles. The minimum atomic E-state index is -1.30. The Hall–Kier alpha value is -4.80. The molecule has 6 rings (SSSR count). The molecule has 268 valence electrons. The number of ether oxygens (including phenoxy) is 2. The number of anilines is 1. The van der Waals surface area contributed by atoms with Gasteiger partial charge in [0.1, 0.15) is 17.7 Å². The first-order chi connectivity index (χ1) is 24.6. The summed E-state index contributed by atoms with van der Waals surface area (Å²) in [6, 6.07) is 20.5. The average molecular weight is 694 g/mol. The predicted molar refractivity (Wildman–Crippen MR) is 194 cm³/mol. The minimum Gasteiger partial charge on any atom is -0.455 e. The molecule has 3 saturated heterocycles. The van der Waals surface area contributed by atoms with Gasteiger partial charge in [0, 0.05) is 25.7 Å². The fraction of sp³-hybridized carbons (Fsp3) is 0.415. The fourth-order valence-electron chi connectivity index (χ4n) is 8.27. The van der Waals surface area contributed by atoms with Crippen molar-refractivity contribution < 1.29 is 33.8 Å². The molecule has 3 heterocycles. The van der Waals surface area contributed by atoms with Gasteiger partial charge in [-0.1, -0.05) is 72.8 Å². The third-order valence-corrected chi connectivity index (χ3v) is 11.0. The van der Waals surface area contributed by atoms with Crippen molar-refractivity contribution in [1.82, 2.24) is 9.80 Å². The zero-order chi connectivity index (χ0) is 36.4. The van der Waals surface area contributed by atoms with Crippen molar-refractivity contribution >= 4 is 40.2 Å². The monoisotopic (exact) mass is 693 g/mol. The van der Waals surface area contributed by atoms with Crippen LogP contribution < -0.4 is 4.90 Å². The van der Waals surface area contributed by atoms with Gasteiger partial charge in [-0.3, -0.25) is 19.2 Å². The number of fused-ring (bicyclic) bond motifs is 2. The minimum absolute atomic E-state index is 0.113. The van der Waals surface area contributed by atoms with E-state index >= 15 is 0 Å². The van der Waals surface area contributed by atoms with E-state index in [0.29, 0.717) is 30.5 Å². The number of likely N-dealkylation sites (N-methyl/N-ethyl adjacent to an activating group) is 1. The topological polar surface area (TPSA) is 117 Å². The molecule has 0 aromatic heterocycles. The number of esters is 1. The molecule has 0 aliphatic carbocycles. The van der Waals surface area contributed by atoms with Crippen molar-refractivity contribution in [2.45, 2.75) is 75.5 Å². The Morgan fingerprint density at radius 3 is 2.43 bits per heavy atom. The highest BCUT2D eigenvalue weighted by molar-refractivity contribution is 6.05. The van der Waals surface area contributed by atoms with E-state index < -0.39 is 59.6 Å². The van der Waals surface area contributed by atoms with E-state index in [9.17, 15) is 24.3 Å². The Labute approximate surface area is 299 Å². The first kappa shape index (κ1) is 36.0. The summed E-state index contributed by atoms with van der Waals surface area (Å²) in [4.78, 5) is 61.5. The van der Waals surface area contributed by atoms with Crippen LogP contribution in [0.3, 0.4) is 0 Å². The summed E-state index contributed by atoms with van der Waals surface area (Å²) in [5, 5.41) is 12.3. The molecule has 1 N–H and O–H groups in total. The van der Waals surface area contributed by atoms with E-state index in [-0.39, 0.29) is 31.4 Å². The zero-order valence-electron chi connectivity index (χ0n) is 29.5. The van der Waals surface area contributed by atoms with Crippen LogP contribution in [0.15, 0.2) is 98.1 Å². The van der Waals surface area contributed by atoms with Gasteiger partial charge in [-0.25, -0.2) is 0 Å². The summed E-state index contributed by atoms with van der Waals surface area (Å²) >= 11 is 0. The summed E-state index contributed by atoms with van der Waals surface area (Å²) in [5.74, 6) is -3.49. The number of carbonyl (C=O) groups excluding carboxylic acids is 4. The van der Waals surface area contributed by atoms with Crippen LogP contribution in [0.4, 0.5) is 5.69 Å². The molecule has 8 atom stereocenters. The number of likely N-dealkylation sites (tertiary alicyclic amines) is 1. The molecule has 3 fully saturated rings. The van der Waals surface area contributed by atoms with Gasteiger partial charge in [0.25, 0.3) is 5.91 Å². The Balaban J connectivity index is 1.34. The molecule has 10 heteroatoms. The number of carbonyl (C=O) groups is 4. The van der Waals surface area contributed by atoms with Crippen molar-refractivity contribution in [1.29, 1.82) is 0 Å². The maximum absolute atomic E-state index is 14.9. The quantitative estimate of drug-likeness (QED) is 0.182. The smallest absolute Gasteiger partial charge is 0.313 e. The van der Waals surface area contributed by atoms with Gasteiger partial charge in [0.15, 0.2) is 0 Å². The highest BCUT2D eigenvalue weighted by Crippen LogP contribution is 2.59. The number of benzene rings is 3. The first-order valence-corrected chi connectivity index (χ1v) is 17.7. The molecular formula is C41H47N3O7. The van der Waals surface area contributed by atoms with Gasteiger partial charge in [-0.2, -0.15) is 0 Å². The Morgan fingerprint density at radius 2 is 1.75 bits per heavy atom. The standard InChI is InChI=1S/C41H47N3O7/c1-6-8-18-33(46)42(5)27(4)36(29-15-10-9-11-16-29)50-40(49)34-32-21-22-41(51-32)35(34)38(47)44(26(3)25-45)37(41)39(48)43(23-7-2)31-20-19-28-14-12-13-17-30(28)24-31/h6-7,9-17,19-20,24,26-27,32,34-37,45H,1-2,8,18,21-23,25H2,3-5H3/t26-,27-,32-,34+,35+,36+,37-,41+/m1/s1. The van der Waals surface area contributed by atoms with Crippen molar-refractivity contribution in [2.75, 3.05) is 25.1 Å². The number of nitrogens with zero attached hydrogens (tertiary/aromatic N) is 3. The van der Waals surface area contributed by atoms with Crippen molar-refractivity contribution in [2.24, 2.45) is 11.8 Å². The largest absolute Gasteiger partial charge is 0.455 e. The van der Waals surface area contributed by atoms with Crippen LogP contribution in [-0.2, 0) is 28.7 Å². The Bertz CT molecular complexity index is 1810. The number of aliphatic hydroxyl groups is 1. The van der Waals surface area contributed by atoms with Crippen LogP contribution in [0.1, 0.15) is 51.2 Å². The van der Waals surface area contributed by atoms with E-state index in [4.69, 9.17) is 9.47 Å². The lowest BCUT2D eigenvalue weighted by Crippen LogP contribution is -2.58. The van der Waals surface area contributed by atoms with Gasteiger partial charge in [-0.05, 0) is 61.6 Å². The zero-order valence-corrected chi connectivity index (χ0v) is 29.5. The maximum atomic E-state index is 14.9. The summed E-state index contributed by atoms with van der Waals surface area (Å²) in [7, 11) is 1.69. The number of amides is 3. The van der Waals surface area contributed by atoms with Crippen LogP contribution in [0.2, 0.25) is 0 Å². The number of hydrogen-bond acceptors (Lipinski definition) is 7. The number of rotatable bonds is 14.